The molecule has 0 N–H and O–H groups in total. The SMILES string of the molecule is CCC(CC)n1ccc2ccc(C(C)C)cc21. The molecule has 1 heteroatoms. The first-order chi connectivity index (χ1) is 8.17. The molecule has 0 aliphatic heterocycles. The molecular weight excluding hydrogens is 206 g/mol. The molecule has 1 aromatic carbocycles. The molecule has 1 heterocycles. The monoisotopic (exact) mass is 229 g/mol. The van der Waals surface area contributed by atoms with Crippen LogP contribution in [-0.2, 0) is 0 Å². The molecule has 0 bridgehead atoms. The van der Waals surface area contributed by atoms with Crippen LogP contribution in [0.15, 0.2) is 30.5 Å². The van der Waals surface area contributed by atoms with Crippen LogP contribution in [0, 0.1) is 0 Å². The van der Waals surface area contributed by atoms with Crippen molar-refractivity contribution in [3.05, 3.63) is 36.0 Å². The van der Waals surface area contributed by atoms with Gasteiger partial charge < -0.3 is 4.57 Å². The second kappa shape index (κ2) is 4.95. The second-order valence-corrected chi connectivity index (χ2v) is 5.17. The minimum atomic E-state index is 0.601. The summed E-state index contributed by atoms with van der Waals surface area (Å²) in [6.07, 6.45) is 4.64. The van der Waals surface area contributed by atoms with Gasteiger partial charge in [-0.05, 0) is 41.8 Å². The maximum atomic E-state index is 2.45. The van der Waals surface area contributed by atoms with Crippen LogP contribution in [0.25, 0.3) is 10.9 Å². The van der Waals surface area contributed by atoms with Gasteiger partial charge in [0.05, 0.1) is 0 Å². The third-order valence-corrected chi connectivity index (χ3v) is 3.75. The van der Waals surface area contributed by atoms with Crippen LogP contribution < -0.4 is 0 Å². The zero-order chi connectivity index (χ0) is 12.4. The van der Waals surface area contributed by atoms with Crippen LogP contribution in [-0.4, -0.2) is 4.57 Å². The van der Waals surface area contributed by atoms with Gasteiger partial charge in [0.25, 0.3) is 0 Å². The number of hydrogen-bond donors (Lipinski definition) is 0. The van der Waals surface area contributed by atoms with Crippen LogP contribution in [0.2, 0.25) is 0 Å². The first-order valence-electron chi connectivity index (χ1n) is 6.77. The highest BCUT2D eigenvalue weighted by Gasteiger charge is 2.10. The lowest BCUT2D eigenvalue weighted by atomic mass is 10.0. The third kappa shape index (κ3) is 2.24. The van der Waals surface area contributed by atoms with Crippen LogP contribution in [0.3, 0.4) is 0 Å². The van der Waals surface area contributed by atoms with Crippen LogP contribution in [0.1, 0.15) is 58.1 Å². The summed E-state index contributed by atoms with van der Waals surface area (Å²) in [5.41, 5.74) is 2.83. The van der Waals surface area contributed by atoms with E-state index in [9.17, 15) is 0 Å². The molecule has 0 unspecified atom stereocenters. The highest BCUT2D eigenvalue weighted by Crippen LogP contribution is 2.27. The maximum Gasteiger partial charge on any atom is 0.0485 e. The Bertz CT molecular complexity index is 489. The molecule has 0 saturated carbocycles. The quantitative estimate of drug-likeness (QED) is 0.685. The predicted octanol–water partition coefficient (Wildman–Crippen LogP) is 5.13. The number of rotatable bonds is 4. The van der Waals surface area contributed by atoms with E-state index in [4.69, 9.17) is 0 Å². The van der Waals surface area contributed by atoms with E-state index >= 15 is 0 Å². The number of fused-ring (bicyclic) bond motifs is 1. The first-order valence-corrected chi connectivity index (χ1v) is 6.77. The van der Waals surface area contributed by atoms with Gasteiger partial charge in [-0.2, -0.15) is 0 Å². The molecule has 0 radical (unpaired) electrons. The van der Waals surface area contributed by atoms with E-state index in [1.54, 1.807) is 0 Å². The molecule has 2 aromatic rings. The summed E-state index contributed by atoms with van der Waals surface area (Å²) >= 11 is 0. The largest absolute Gasteiger partial charge is 0.344 e. The number of nitrogens with zero attached hydrogens (tertiary/aromatic N) is 1. The standard InChI is InChI=1S/C16H23N/c1-5-15(6-2)17-10-9-13-7-8-14(12(3)4)11-16(13)17/h7-12,15H,5-6H2,1-4H3. The summed E-state index contributed by atoms with van der Waals surface area (Å²) in [5, 5.41) is 1.36. The van der Waals surface area contributed by atoms with E-state index < -0.39 is 0 Å². The number of benzene rings is 1. The Morgan fingerprint density at radius 1 is 1.06 bits per heavy atom. The highest BCUT2D eigenvalue weighted by molar-refractivity contribution is 5.81. The van der Waals surface area contributed by atoms with Crippen LogP contribution in [0.4, 0.5) is 0 Å². The fourth-order valence-electron chi connectivity index (χ4n) is 2.53. The molecule has 0 atom stereocenters. The minimum Gasteiger partial charge on any atom is -0.344 e. The molecule has 0 amide bonds. The molecule has 1 aromatic heterocycles. The average molecular weight is 229 g/mol. The van der Waals surface area contributed by atoms with E-state index in [1.807, 2.05) is 0 Å². The second-order valence-electron chi connectivity index (χ2n) is 5.17. The molecular formula is C16H23N. The number of hydrogen-bond acceptors (Lipinski definition) is 0. The molecule has 0 saturated heterocycles. The highest BCUT2D eigenvalue weighted by atomic mass is 15.0. The van der Waals surface area contributed by atoms with Crippen molar-refractivity contribution in [3.63, 3.8) is 0 Å². The topological polar surface area (TPSA) is 4.93 Å². The van der Waals surface area contributed by atoms with E-state index in [2.05, 4.69) is 62.7 Å². The van der Waals surface area contributed by atoms with Gasteiger partial charge in [0.2, 0.25) is 0 Å². The van der Waals surface area contributed by atoms with E-state index in [1.165, 1.54) is 29.3 Å². The number of aromatic nitrogens is 1. The van der Waals surface area contributed by atoms with E-state index in [0.717, 1.165) is 0 Å². The molecule has 17 heavy (non-hydrogen) atoms. The van der Waals surface area contributed by atoms with Crippen LogP contribution in [0.5, 0.6) is 0 Å². The Morgan fingerprint density at radius 3 is 2.35 bits per heavy atom. The van der Waals surface area contributed by atoms with Gasteiger partial charge in [0, 0.05) is 17.8 Å². The Balaban J connectivity index is 2.53. The maximum absolute atomic E-state index is 2.45. The zero-order valence-corrected chi connectivity index (χ0v) is 11.4. The van der Waals surface area contributed by atoms with Gasteiger partial charge in [-0.3, -0.25) is 0 Å². The van der Waals surface area contributed by atoms with Crippen molar-refractivity contribution in [2.24, 2.45) is 0 Å². The fraction of sp³-hybridized carbons (Fsp3) is 0.500. The molecule has 2 rings (SSSR count). The lowest BCUT2D eigenvalue weighted by Gasteiger charge is -2.17. The van der Waals surface area contributed by atoms with Crippen molar-refractivity contribution in [2.45, 2.75) is 52.5 Å². The lowest BCUT2D eigenvalue weighted by molar-refractivity contribution is 0.486. The Morgan fingerprint density at radius 2 is 1.76 bits per heavy atom. The fourth-order valence-corrected chi connectivity index (χ4v) is 2.53. The van der Waals surface area contributed by atoms with Crippen molar-refractivity contribution >= 4 is 10.9 Å². The van der Waals surface area contributed by atoms with E-state index in [0.29, 0.717) is 12.0 Å². The molecule has 92 valence electrons. The summed E-state index contributed by atoms with van der Waals surface area (Å²) in [4.78, 5) is 0. The first kappa shape index (κ1) is 12.2. The van der Waals surface area contributed by atoms with Gasteiger partial charge in [-0.25, -0.2) is 0 Å². The van der Waals surface area contributed by atoms with Crippen molar-refractivity contribution < 1.29 is 0 Å². The molecule has 0 fully saturated rings. The normalized spacial score (nSPS) is 11.9. The Hall–Kier alpha value is -1.24. The minimum absolute atomic E-state index is 0.601. The van der Waals surface area contributed by atoms with Gasteiger partial charge >= 0.3 is 0 Å². The summed E-state index contributed by atoms with van der Waals surface area (Å²) in [6, 6.07) is 9.74. The van der Waals surface area contributed by atoms with E-state index in [-0.39, 0.29) is 0 Å². The molecule has 0 aliphatic carbocycles. The summed E-state index contributed by atoms with van der Waals surface area (Å²) in [7, 11) is 0. The summed E-state index contributed by atoms with van der Waals surface area (Å²) in [6.45, 7) is 9.05. The van der Waals surface area contributed by atoms with Gasteiger partial charge in [-0.1, -0.05) is 39.8 Å². The molecule has 0 spiro atoms. The molecule has 1 nitrogen and oxygen atoms in total. The summed E-state index contributed by atoms with van der Waals surface area (Å²) < 4.78 is 2.45. The average Bonchev–Trinajstić information content (AvgIpc) is 2.74. The van der Waals surface area contributed by atoms with Gasteiger partial charge in [0.15, 0.2) is 0 Å². The third-order valence-electron chi connectivity index (χ3n) is 3.75. The van der Waals surface area contributed by atoms with Gasteiger partial charge in [0.1, 0.15) is 0 Å². The van der Waals surface area contributed by atoms with Crippen molar-refractivity contribution in [3.8, 4) is 0 Å². The van der Waals surface area contributed by atoms with Gasteiger partial charge in [-0.15, -0.1) is 0 Å². The van der Waals surface area contributed by atoms with Crippen molar-refractivity contribution in [1.82, 2.24) is 4.57 Å². The zero-order valence-electron chi connectivity index (χ0n) is 11.4. The predicted molar refractivity (Wildman–Crippen MR) is 75.6 cm³/mol. The van der Waals surface area contributed by atoms with Crippen molar-refractivity contribution in [2.75, 3.05) is 0 Å². The summed E-state index contributed by atoms with van der Waals surface area (Å²) in [5.74, 6) is 0.601. The lowest BCUT2D eigenvalue weighted by Crippen LogP contribution is -2.05. The Kier molecular flexibility index (Phi) is 3.56. The Labute approximate surface area is 104 Å². The van der Waals surface area contributed by atoms with Crippen LogP contribution >= 0.6 is 0 Å². The van der Waals surface area contributed by atoms with Crippen molar-refractivity contribution in [1.29, 1.82) is 0 Å². The smallest absolute Gasteiger partial charge is 0.0485 e. The molecule has 0 aliphatic rings.